The summed E-state index contributed by atoms with van der Waals surface area (Å²) in [7, 11) is 0. The van der Waals surface area contributed by atoms with Crippen LogP contribution >= 0.6 is 0 Å². The van der Waals surface area contributed by atoms with E-state index in [2.05, 4.69) is 50.2 Å². The van der Waals surface area contributed by atoms with Gasteiger partial charge in [-0.3, -0.25) is 0 Å². The molecule has 18 heavy (non-hydrogen) atoms. The minimum atomic E-state index is -0.0414. The van der Waals surface area contributed by atoms with E-state index in [4.69, 9.17) is 5.11 Å². The number of rotatable bonds is 6. The quantitative estimate of drug-likeness (QED) is 0.810. The molecule has 1 heterocycles. The van der Waals surface area contributed by atoms with Gasteiger partial charge in [0, 0.05) is 18.7 Å². The molecule has 0 aliphatic carbocycles. The molecule has 1 aromatic heterocycles. The van der Waals surface area contributed by atoms with Gasteiger partial charge in [-0.1, -0.05) is 12.1 Å². The fourth-order valence-electron chi connectivity index (χ4n) is 1.65. The van der Waals surface area contributed by atoms with Gasteiger partial charge in [0.05, 0.1) is 17.4 Å². The lowest BCUT2D eigenvalue weighted by molar-refractivity contribution is 0.214. The predicted octanol–water partition coefficient (Wildman–Crippen LogP) is 1.67. The lowest BCUT2D eigenvalue weighted by atomic mass is 9.95. The number of aromatic nitrogens is 3. The van der Waals surface area contributed by atoms with Gasteiger partial charge in [-0.05, 0) is 40.5 Å². The molecule has 0 fully saturated rings. The third-order valence-corrected chi connectivity index (χ3v) is 3.37. The van der Waals surface area contributed by atoms with Gasteiger partial charge >= 0.3 is 0 Å². The van der Waals surface area contributed by atoms with Crippen molar-refractivity contribution >= 4 is 0 Å². The van der Waals surface area contributed by atoms with Crippen molar-refractivity contribution in [3.8, 4) is 0 Å². The highest BCUT2D eigenvalue weighted by Gasteiger charge is 2.21. The zero-order chi connectivity index (χ0) is 13.8. The Morgan fingerprint density at radius 3 is 2.44 bits per heavy atom. The molecule has 1 aromatic rings. The van der Waals surface area contributed by atoms with Crippen molar-refractivity contribution in [1.82, 2.24) is 20.3 Å². The molecule has 2 N–H and O–H groups in total. The Balaban J connectivity index is 2.61. The van der Waals surface area contributed by atoms with Gasteiger partial charge in [-0.25, -0.2) is 4.68 Å². The van der Waals surface area contributed by atoms with Crippen molar-refractivity contribution in [1.29, 1.82) is 0 Å². The Morgan fingerprint density at radius 1 is 1.33 bits per heavy atom. The van der Waals surface area contributed by atoms with Crippen LogP contribution in [0.2, 0.25) is 0 Å². The standard InChI is InChI=1S/C13H26N4O/c1-6-13(5,7-8-18)14-9-11-10-17(16-15-11)12(2,3)4/h10,14,18H,6-9H2,1-5H3. The summed E-state index contributed by atoms with van der Waals surface area (Å²) < 4.78 is 1.87. The van der Waals surface area contributed by atoms with Gasteiger partial charge in [0.15, 0.2) is 0 Å². The topological polar surface area (TPSA) is 63.0 Å². The molecule has 1 unspecified atom stereocenters. The second-order valence-electron chi connectivity index (χ2n) is 6.07. The van der Waals surface area contributed by atoms with Crippen molar-refractivity contribution in [2.75, 3.05) is 6.61 Å². The van der Waals surface area contributed by atoms with Gasteiger partial charge in [0.1, 0.15) is 0 Å². The molecule has 1 atom stereocenters. The molecular formula is C13H26N4O. The normalized spacial score (nSPS) is 15.7. The molecular weight excluding hydrogens is 228 g/mol. The summed E-state index contributed by atoms with van der Waals surface area (Å²) in [6.45, 7) is 11.4. The predicted molar refractivity (Wildman–Crippen MR) is 72.3 cm³/mol. The van der Waals surface area contributed by atoms with E-state index in [1.807, 2.05) is 10.9 Å². The van der Waals surface area contributed by atoms with Crippen LogP contribution in [0.1, 0.15) is 53.2 Å². The number of hydrogen-bond acceptors (Lipinski definition) is 4. The Hall–Kier alpha value is -0.940. The van der Waals surface area contributed by atoms with Gasteiger partial charge in [0.2, 0.25) is 0 Å². The fourth-order valence-corrected chi connectivity index (χ4v) is 1.65. The lowest BCUT2D eigenvalue weighted by Gasteiger charge is -2.28. The Kier molecular flexibility index (Phi) is 4.87. The molecule has 5 heteroatoms. The average molecular weight is 254 g/mol. The summed E-state index contributed by atoms with van der Waals surface area (Å²) in [6.07, 6.45) is 3.69. The second-order valence-corrected chi connectivity index (χ2v) is 6.07. The number of aliphatic hydroxyl groups excluding tert-OH is 1. The second kappa shape index (κ2) is 5.80. The van der Waals surface area contributed by atoms with Crippen molar-refractivity contribution in [3.63, 3.8) is 0 Å². The summed E-state index contributed by atoms with van der Waals surface area (Å²) in [4.78, 5) is 0. The highest BCUT2D eigenvalue weighted by atomic mass is 16.3. The van der Waals surface area contributed by atoms with E-state index in [-0.39, 0.29) is 17.7 Å². The average Bonchev–Trinajstić information content (AvgIpc) is 2.75. The van der Waals surface area contributed by atoms with E-state index in [9.17, 15) is 0 Å². The lowest BCUT2D eigenvalue weighted by Crippen LogP contribution is -2.42. The molecule has 0 radical (unpaired) electrons. The molecule has 0 spiro atoms. The van der Waals surface area contributed by atoms with E-state index < -0.39 is 0 Å². The fraction of sp³-hybridized carbons (Fsp3) is 0.846. The van der Waals surface area contributed by atoms with Gasteiger partial charge in [-0.15, -0.1) is 5.10 Å². The largest absolute Gasteiger partial charge is 0.396 e. The minimum absolute atomic E-state index is 0.0373. The number of hydrogen-bond donors (Lipinski definition) is 2. The molecule has 0 aliphatic heterocycles. The summed E-state index contributed by atoms with van der Waals surface area (Å²) >= 11 is 0. The Labute approximate surface area is 110 Å². The first kappa shape index (κ1) is 15.1. The summed E-state index contributed by atoms with van der Waals surface area (Å²) in [6, 6.07) is 0. The van der Waals surface area contributed by atoms with E-state index in [1.54, 1.807) is 0 Å². The van der Waals surface area contributed by atoms with Crippen LogP contribution in [0.4, 0.5) is 0 Å². The minimum Gasteiger partial charge on any atom is -0.396 e. The molecule has 0 aromatic carbocycles. The van der Waals surface area contributed by atoms with Crippen LogP contribution < -0.4 is 5.32 Å². The first-order valence-corrected chi connectivity index (χ1v) is 6.58. The van der Waals surface area contributed by atoms with E-state index >= 15 is 0 Å². The number of nitrogens with one attached hydrogen (secondary N) is 1. The van der Waals surface area contributed by atoms with Crippen LogP contribution in [0.5, 0.6) is 0 Å². The zero-order valence-electron chi connectivity index (χ0n) is 12.2. The van der Waals surface area contributed by atoms with Crippen molar-refractivity contribution in [2.24, 2.45) is 0 Å². The summed E-state index contributed by atoms with van der Waals surface area (Å²) in [5.74, 6) is 0. The van der Waals surface area contributed by atoms with Crippen molar-refractivity contribution in [3.05, 3.63) is 11.9 Å². The molecule has 1 rings (SSSR count). The Bertz CT molecular complexity index is 369. The van der Waals surface area contributed by atoms with E-state index in [1.165, 1.54) is 0 Å². The summed E-state index contributed by atoms with van der Waals surface area (Å²) in [5.41, 5.74) is 0.854. The monoisotopic (exact) mass is 254 g/mol. The Morgan fingerprint density at radius 2 is 2.00 bits per heavy atom. The van der Waals surface area contributed by atoms with Gasteiger partial charge < -0.3 is 10.4 Å². The maximum absolute atomic E-state index is 9.07. The highest BCUT2D eigenvalue weighted by Crippen LogP contribution is 2.15. The molecule has 5 nitrogen and oxygen atoms in total. The van der Waals surface area contributed by atoms with Crippen LogP contribution in [0.3, 0.4) is 0 Å². The first-order chi connectivity index (χ1) is 8.30. The zero-order valence-corrected chi connectivity index (χ0v) is 12.2. The van der Waals surface area contributed by atoms with Crippen LogP contribution in [0.25, 0.3) is 0 Å². The number of nitrogens with zero attached hydrogens (tertiary/aromatic N) is 3. The molecule has 0 amide bonds. The molecule has 0 saturated carbocycles. The molecule has 0 saturated heterocycles. The molecule has 0 bridgehead atoms. The molecule has 0 aliphatic rings. The van der Waals surface area contributed by atoms with Gasteiger partial charge in [-0.2, -0.15) is 0 Å². The maximum Gasteiger partial charge on any atom is 0.0965 e. The summed E-state index contributed by atoms with van der Waals surface area (Å²) in [5, 5.41) is 20.8. The van der Waals surface area contributed by atoms with Crippen LogP contribution in [-0.4, -0.2) is 32.2 Å². The van der Waals surface area contributed by atoms with Gasteiger partial charge in [0.25, 0.3) is 0 Å². The third kappa shape index (κ3) is 4.07. The van der Waals surface area contributed by atoms with Crippen LogP contribution in [-0.2, 0) is 12.1 Å². The van der Waals surface area contributed by atoms with Crippen molar-refractivity contribution in [2.45, 2.75) is 65.1 Å². The third-order valence-electron chi connectivity index (χ3n) is 3.37. The number of aliphatic hydroxyl groups is 1. The van der Waals surface area contributed by atoms with Crippen LogP contribution in [0.15, 0.2) is 6.20 Å². The van der Waals surface area contributed by atoms with E-state index in [0.717, 1.165) is 18.5 Å². The smallest absolute Gasteiger partial charge is 0.0965 e. The van der Waals surface area contributed by atoms with Crippen LogP contribution in [0, 0.1) is 0 Å². The first-order valence-electron chi connectivity index (χ1n) is 6.58. The van der Waals surface area contributed by atoms with Crippen molar-refractivity contribution < 1.29 is 5.11 Å². The molecule has 104 valence electrons. The SMILES string of the molecule is CCC(C)(CCO)NCc1cn(C(C)(C)C)nn1. The maximum atomic E-state index is 9.07. The highest BCUT2D eigenvalue weighted by molar-refractivity contribution is 4.96. The van der Waals surface area contributed by atoms with E-state index in [0.29, 0.717) is 6.54 Å².